The largest absolute Gasteiger partial charge is 0.307 e. The zero-order valence-electron chi connectivity index (χ0n) is 10.4. The quantitative estimate of drug-likeness (QED) is 0.415. The van der Waals surface area contributed by atoms with Gasteiger partial charge in [0.1, 0.15) is 0 Å². The smallest absolute Gasteiger partial charge is 0.269 e. The number of aldehydes is 1. The van der Waals surface area contributed by atoms with E-state index >= 15 is 0 Å². The second kappa shape index (κ2) is 4.62. The standard InChI is InChI=1S/C15H10N2O3/c18-10-14-9-11-3-1-2-4-15(11)16(14)12-5-7-13(8-6-12)17(19)20/h1-10H. The molecule has 1 aromatic heterocycles. The monoisotopic (exact) mass is 266 g/mol. The second-order valence-electron chi connectivity index (χ2n) is 4.35. The van der Waals surface area contributed by atoms with Crippen molar-refractivity contribution in [2.24, 2.45) is 0 Å². The Morgan fingerprint density at radius 1 is 1.05 bits per heavy atom. The molecule has 20 heavy (non-hydrogen) atoms. The van der Waals surface area contributed by atoms with Crippen LogP contribution in [0.15, 0.2) is 54.6 Å². The predicted octanol–water partition coefficient (Wildman–Crippen LogP) is 3.35. The summed E-state index contributed by atoms with van der Waals surface area (Å²) in [6, 6.07) is 15.5. The fourth-order valence-electron chi connectivity index (χ4n) is 2.27. The second-order valence-corrected chi connectivity index (χ2v) is 4.35. The highest BCUT2D eigenvalue weighted by Crippen LogP contribution is 2.24. The molecule has 5 heteroatoms. The van der Waals surface area contributed by atoms with Crippen LogP contribution in [-0.4, -0.2) is 15.8 Å². The van der Waals surface area contributed by atoms with E-state index in [1.165, 1.54) is 12.1 Å². The number of benzene rings is 2. The molecule has 2 aromatic carbocycles. The molecule has 0 amide bonds. The van der Waals surface area contributed by atoms with Crippen LogP contribution in [0.25, 0.3) is 16.6 Å². The lowest BCUT2D eigenvalue weighted by Gasteiger charge is -2.07. The van der Waals surface area contributed by atoms with E-state index < -0.39 is 4.92 Å². The molecule has 0 radical (unpaired) electrons. The summed E-state index contributed by atoms with van der Waals surface area (Å²) in [5, 5.41) is 11.6. The van der Waals surface area contributed by atoms with Crippen molar-refractivity contribution in [3.05, 3.63) is 70.4 Å². The number of non-ortho nitro benzene ring substituents is 1. The Labute approximate surface area is 114 Å². The summed E-state index contributed by atoms with van der Waals surface area (Å²) in [6.07, 6.45) is 0.779. The highest BCUT2D eigenvalue weighted by Gasteiger charge is 2.11. The molecule has 0 aliphatic rings. The van der Waals surface area contributed by atoms with Gasteiger partial charge in [0.2, 0.25) is 0 Å². The lowest BCUT2D eigenvalue weighted by atomic mass is 10.2. The van der Waals surface area contributed by atoms with Crippen molar-refractivity contribution in [2.75, 3.05) is 0 Å². The van der Waals surface area contributed by atoms with Crippen LogP contribution >= 0.6 is 0 Å². The first kappa shape index (κ1) is 12.1. The van der Waals surface area contributed by atoms with Crippen molar-refractivity contribution in [3.63, 3.8) is 0 Å². The molecule has 0 bridgehead atoms. The summed E-state index contributed by atoms with van der Waals surface area (Å²) in [6.45, 7) is 0. The van der Waals surface area contributed by atoms with Gasteiger partial charge in [-0.15, -0.1) is 0 Å². The number of nitro benzene ring substituents is 1. The molecule has 0 atom stereocenters. The molecule has 0 fully saturated rings. The van der Waals surface area contributed by atoms with Gasteiger partial charge < -0.3 is 4.57 Å². The molecular weight excluding hydrogens is 256 g/mol. The van der Waals surface area contributed by atoms with Crippen LogP contribution in [0.5, 0.6) is 0 Å². The lowest BCUT2D eigenvalue weighted by Crippen LogP contribution is -1.99. The van der Waals surface area contributed by atoms with Gasteiger partial charge in [-0.05, 0) is 24.3 Å². The van der Waals surface area contributed by atoms with Crippen LogP contribution in [0.3, 0.4) is 0 Å². The number of carbonyl (C=O) groups excluding carboxylic acids is 1. The average Bonchev–Trinajstić information content (AvgIpc) is 2.85. The summed E-state index contributed by atoms with van der Waals surface area (Å²) in [7, 11) is 0. The third kappa shape index (κ3) is 1.85. The van der Waals surface area contributed by atoms with E-state index in [1.807, 2.05) is 24.3 Å². The highest BCUT2D eigenvalue weighted by molar-refractivity contribution is 5.90. The fraction of sp³-hybridized carbons (Fsp3) is 0. The first-order valence-electron chi connectivity index (χ1n) is 6.01. The summed E-state index contributed by atoms with van der Waals surface area (Å²) in [5.74, 6) is 0. The number of rotatable bonds is 3. The maximum Gasteiger partial charge on any atom is 0.269 e. The zero-order chi connectivity index (χ0) is 14.1. The van der Waals surface area contributed by atoms with Crippen molar-refractivity contribution in [1.29, 1.82) is 0 Å². The van der Waals surface area contributed by atoms with Crippen molar-refractivity contribution in [2.45, 2.75) is 0 Å². The number of fused-ring (bicyclic) bond motifs is 1. The predicted molar refractivity (Wildman–Crippen MR) is 75.3 cm³/mol. The topological polar surface area (TPSA) is 65.1 Å². The normalized spacial score (nSPS) is 10.6. The Morgan fingerprint density at radius 2 is 1.75 bits per heavy atom. The third-order valence-electron chi connectivity index (χ3n) is 3.18. The van der Waals surface area contributed by atoms with Crippen molar-refractivity contribution in [3.8, 4) is 5.69 Å². The summed E-state index contributed by atoms with van der Waals surface area (Å²) in [4.78, 5) is 21.4. The van der Waals surface area contributed by atoms with Crippen LogP contribution in [0.2, 0.25) is 0 Å². The molecule has 0 aliphatic heterocycles. The molecular formula is C15H10N2O3. The van der Waals surface area contributed by atoms with E-state index in [0.717, 1.165) is 22.9 Å². The van der Waals surface area contributed by atoms with Crippen molar-refractivity contribution >= 4 is 22.9 Å². The Hall–Kier alpha value is -2.95. The lowest BCUT2D eigenvalue weighted by molar-refractivity contribution is -0.384. The van der Waals surface area contributed by atoms with Gasteiger partial charge in [-0.2, -0.15) is 0 Å². The molecule has 1 heterocycles. The van der Waals surface area contributed by atoms with Gasteiger partial charge in [-0.25, -0.2) is 0 Å². The number of hydrogen-bond donors (Lipinski definition) is 0. The molecule has 0 unspecified atom stereocenters. The Balaban J connectivity index is 2.22. The van der Waals surface area contributed by atoms with Gasteiger partial charge in [0.05, 0.1) is 16.1 Å². The van der Waals surface area contributed by atoms with Crippen LogP contribution < -0.4 is 0 Å². The van der Waals surface area contributed by atoms with Gasteiger partial charge in [0.25, 0.3) is 5.69 Å². The number of aromatic nitrogens is 1. The highest BCUT2D eigenvalue weighted by atomic mass is 16.6. The van der Waals surface area contributed by atoms with Gasteiger partial charge >= 0.3 is 0 Å². The fourth-order valence-corrected chi connectivity index (χ4v) is 2.27. The first-order valence-corrected chi connectivity index (χ1v) is 6.01. The van der Waals surface area contributed by atoms with E-state index in [2.05, 4.69) is 0 Å². The van der Waals surface area contributed by atoms with Crippen LogP contribution in [0.1, 0.15) is 10.5 Å². The van der Waals surface area contributed by atoms with Crippen LogP contribution in [0, 0.1) is 10.1 Å². The third-order valence-corrected chi connectivity index (χ3v) is 3.18. The van der Waals surface area contributed by atoms with Crippen LogP contribution in [-0.2, 0) is 0 Å². The Morgan fingerprint density at radius 3 is 2.40 bits per heavy atom. The number of hydrogen-bond acceptors (Lipinski definition) is 3. The molecule has 0 saturated carbocycles. The van der Waals surface area contributed by atoms with E-state index in [1.54, 1.807) is 22.8 Å². The molecule has 3 rings (SSSR count). The molecule has 0 saturated heterocycles. The molecule has 0 aliphatic carbocycles. The van der Waals surface area contributed by atoms with Gasteiger partial charge in [0, 0.05) is 23.2 Å². The van der Waals surface area contributed by atoms with E-state index in [4.69, 9.17) is 0 Å². The van der Waals surface area contributed by atoms with Gasteiger partial charge in [0.15, 0.2) is 6.29 Å². The van der Waals surface area contributed by atoms with Crippen molar-refractivity contribution < 1.29 is 9.72 Å². The minimum Gasteiger partial charge on any atom is -0.307 e. The summed E-state index contributed by atoms with van der Waals surface area (Å²) in [5.41, 5.74) is 2.15. The van der Waals surface area contributed by atoms with Crippen molar-refractivity contribution in [1.82, 2.24) is 4.57 Å². The maximum atomic E-state index is 11.2. The molecule has 0 N–H and O–H groups in total. The zero-order valence-corrected chi connectivity index (χ0v) is 10.4. The number of carbonyl (C=O) groups is 1. The van der Waals surface area contributed by atoms with E-state index in [9.17, 15) is 14.9 Å². The minimum absolute atomic E-state index is 0.0258. The van der Waals surface area contributed by atoms with Gasteiger partial charge in [-0.1, -0.05) is 18.2 Å². The summed E-state index contributed by atoms with van der Waals surface area (Å²) >= 11 is 0. The minimum atomic E-state index is -0.446. The maximum absolute atomic E-state index is 11.2. The molecule has 5 nitrogen and oxygen atoms in total. The molecule has 3 aromatic rings. The number of nitrogens with zero attached hydrogens (tertiary/aromatic N) is 2. The Kier molecular flexibility index (Phi) is 2.80. The summed E-state index contributed by atoms with van der Waals surface area (Å²) < 4.78 is 1.78. The number of nitro groups is 1. The first-order chi connectivity index (χ1) is 9.70. The van der Waals surface area contributed by atoms with Gasteiger partial charge in [-0.3, -0.25) is 14.9 Å². The SMILES string of the molecule is O=Cc1cc2ccccc2n1-c1ccc([N+](=O)[O-])cc1. The van der Waals surface area contributed by atoms with E-state index in [-0.39, 0.29) is 5.69 Å². The Bertz CT molecular complexity index is 804. The van der Waals surface area contributed by atoms with E-state index in [0.29, 0.717) is 5.69 Å². The molecule has 0 spiro atoms. The number of para-hydroxylation sites is 1. The van der Waals surface area contributed by atoms with Crippen LogP contribution in [0.4, 0.5) is 5.69 Å². The molecule has 98 valence electrons. The average molecular weight is 266 g/mol.